The van der Waals surface area contributed by atoms with Gasteiger partial charge in [0.25, 0.3) is 0 Å². The third-order valence-corrected chi connectivity index (χ3v) is 2.99. The summed E-state index contributed by atoms with van der Waals surface area (Å²) in [6, 6.07) is 8.05. The molecule has 0 aliphatic rings. The number of hydrogen-bond acceptors (Lipinski definition) is 7. The van der Waals surface area contributed by atoms with Gasteiger partial charge >= 0.3 is 5.97 Å². The number of benzene rings is 1. The quantitative estimate of drug-likeness (QED) is 0.451. The number of carboxylic acids is 1. The number of carbonyl (C=O) groups is 2. The van der Waals surface area contributed by atoms with E-state index in [4.69, 9.17) is 5.73 Å². The SMILES string of the molecule is Nc1ncncc1N/C(C(=O)O)=C(\CO)C(=O)c1ccccc1. The fraction of sp³-hybridized carbons (Fsp3) is 0.0667. The zero-order valence-electron chi connectivity index (χ0n) is 11.9. The molecule has 0 saturated carbocycles. The Bertz CT molecular complexity index is 759. The van der Waals surface area contributed by atoms with E-state index >= 15 is 0 Å². The molecule has 23 heavy (non-hydrogen) atoms. The first-order valence-electron chi connectivity index (χ1n) is 6.54. The monoisotopic (exact) mass is 314 g/mol. The van der Waals surface area contributed by atoms with E-state index in [0.717, 1.165) is 0 Å². The largest absolute Gasteiger partial charge is 0.477 e. The van der Waals surface area contributed by atoms with Crippen LogP contribution in [0.4, 0.5) is 11.5 Å². The van der Waals surface area contributed by atoms with Crippen LogP contribution in [0.1, 0.15) is 10.4 Å². The van der Waals surface area contributed by atoms with Crippen LogP contribution < -0.4 is 11.1 Å². The molecule has 2 rings (SSSR count). The summed E-state index contributed by atoms with van der Waals surface area (Å²) in [5.41, 5.74) is 5.22. The second kappa shape index (κ2) is 7.14. The summed E-state index contributed by atoms with van der Waals surface area (Å²) in [4.78, 5) is 31.3. The van der Waals surface area contributed by atoms with Crippen molar-refractivity contribution in [1.29, 1.82) is 0 Å². The third kappa shape index (κ3) is 3.69. The van der Waals surface area contributed by atoms with Gasteiger partial charge in [0.05, 0.1) is 18.4 Å². The molecule has 8 nitrogen and oxygen atoms in total. The van der Waals surface area contributed by atoms with Gasteiger partial charge in [-0.2, -0.15) is 0 Å². The van der Waals surface area contributed by atoms with Crippen LogP contribution in [-0.2, 0) is 4.79 Å². The predicted octanol–water partition coefficient (Wildman–Crippen LogP) is 0.685. The molecule has 0 amide bonds. The number of Topliss-reactive ketones (excluding diaryl/α,β-unsaturated/α-hetero) is 1. The lowest BCUT2D eigenvalue weighted by Gasteiger charge is -2.12. The Kier molecular flexibility index (Phi) is 5.00. The van der Waals surface area contributed by atoms with E-state index in [1.54, 1.807) is 18.2 Å². The molecule has 2 aromatic rings. The molecule has 0 atom stereocenters. The summed E-state index contributed by atoms with van der Waals surface area (Å²) in [5, 5.41) is 21.3. The topological polar surface area (TPSA) is 138 Å². The first-order chi connectivity index (χ1) is 11.0. The highest BCUT2D eigenvalue weighted by atomic mass is 16.4. The van der Waals surface area contributed by atoms with Crippen LogP contribution in [0.25, 0.3) is 0 Å². The van der Waals surface area contributed by atoms with Crippen LogP contribution in [0, 0.1) is 0 Å². The van der Waals surface area contributed by atoms with E-state index in [9.17, 15) is 19.8 Å². The van der Waals surface area contributed by atoms with E-state index in [1.807, 2.05) is 0 Å². The normalized spacial score (nSPS) is 11.5. The Hall–Kier alpha value is -3.26. The van der Waals surface area contributed by atoms with E-state index < -0.39 is 24.1 Å². The highest BCUT2D eigenvalue weighted by molar-refractivity contribution is 6.13. The standard InChI is InChI=1S/C15H14N4O4/c16-14-11(6-17-8-18-14)19-12(15(22)23)10(7-20)13(21)9-4-2-1-3-5-9/h1-6,8,19-20H,7H2,(H,22,23)(H2,16,17,18)/b12-10+. The fourth-order valence-corrected chi connectivity index (χ4v) is 1.86. The molecule has 1 heterocycles. The molecule has 0 fully saturated rings. The van der Waals surface area contributed by atoms with E-state index in [1.165, 1.54) is 24.7 Å². The molecular formula is C15H14N4O4. The zero-order chi connectivity index (χ0) is 16.8. The second-order valence-corrected chi connectivity index (χ2v) is 4.46. The molecule has 0 unspecified atom stereocenters. The van der Waals surface area contributed by atoms with Crippen molar-refractivity contribution in [2.45, 2.75) is 0 Å². The maximum absolute atomic E-state index is 12.4. The van der Waals surface area contributed by atoms with Crippen molar-refractivity contribution in [3.05, 3.63) is 59.7 Å². The van der Waals surface area contributed by atoms with Gasteiger partial charge in [-0.25, -0.2) is 14.8 Å². The fourth-order valence-electron chi connectivity index (χ4n) is 1.86. The number of anilines is 2. The van der Waals surface area contributed by atoms with Gasteiger partial charge in [0.2, 0.25) is 0 Å². The number of nitrogen functional groups attached to an aromatic ring is 1. The van der Waals surface area contributed by atoms with E-state index in [0.29, 0.717) is 0 Å². The number of aromatic nitrogens is 2. The van der Waals surface area contributed by atoms with Crippen LogP contribution in [0.5, 0.6) is 0 Å². The Balaban J connectivity index is 2.47. The van der Waals surface area contributed by atoms with E-state index in [2.05, 4.69) is 15.3 Å². The molecular weight excluding hydrogens is 300 g/mol. The van der Waals surface area contributed by atoms with Gasteiger partial charge in [-0.05, 0) is 0 Å². The number of nitrogens with two attached hydrogens (primary N) is 1. The summed E-state index contributed by atoms with van der Waals surface area (Å²) < 4.78 is 0. The number of nitrogens with zero attached hydrogens (tertiary/aromatic N) is 2. The molecule has 1 aromatic heterocycles. The van der Waals surface area contributed by atoms with Crippen LogP contribution in [0.3, 0.4) is 0 Å². The number of hydrogen-bond donors (Lipinski definition) is 4. The average Bonchev–Trinajstić information content (AvgIpc) is 2.56. The van der Waals surface area contributed by atoms with Crippen LogP contribution in [-0.4, -0.2) is 38.5 Å². The van der Waals surface area contributed by atoms with Gasteiger partial charge in [-0.15, -0.1) is 0 Å². The maximum atomic E-state index is 12.4. The number of ketones is 1. The van der Waals surface area contributed by atoms with Gasteiger partial charge in [-0.1, -0.05) is 30.3 Å². The minimum Gasteiger partial charge on any atom is -0.477 e. The summed E-state index contributed by atoms with van der Waals surface area (Å²) in [5.74, 6) is -2.00. The minimum atomic E-state index is -1.42. The maximum Gasteiger partial charge on any atom is 0.352 e. The lowest BCUT2D eigenvalue weighted by Crippen LogP contribution is -2.21. The zero-order valence-corrected chi connectivity index (χ0v) is 11.9. The first-order valence-corrected chi connectivity index (χ1v) is 6.54. The second-order valence-electron chi connectivity index (χ2n) is 4.46. The molecule has 118 valence electrons. The summed E-state index contributed by atoms with van der Waals surface area (Å²) in [7, 11) is 0. The number of rotatable bonds is 6. The Morgan fingerprint density at radius 2 is 1.91 bits per heavy atom. The molecule has 0 spiro atoms. The van der Waals surface area contributed by atoms with Crippen LogP contribution in [0.15, 0.2) is 54.1 Å². The highest BCUT2D eigenvalue weighted by Crippen LogP contribution is 2.19. The van der Waals surface area contributed by atoms with Gasteiger partial charge in [0.15, 0.2) is 11.6 Å². The molecule has 0 bridgehead atoms. The predicted molar refractivity (Wildman–Crippen MR) is 82.6 cm³/mol. The number of carboxylic acid groups (broad SMARTS) is 1. The van der Waals surface area contributed by atoms with Crippen molar-refractivity contribution >= 4 is 23.3 Å². The lowest BCUT2D eigenvalue weighted by molar-refractivity contribution is -0.132. The Labute approximate surface area is 131 Å². The molecule has 0 radical (unpaired) electrons. The van der Waals surface area contributed by atoms with Crippen molar-refractivity contribution in [1.82, 2.24) is 9.97 Å². The summed E-state index contributed by atoms with van der Waals surface area (Å²) in [6.07, 6.45) is 2.47. The van der Waals surface area contributed by atoms with Crippen molar-refractivity contribution < 1.29 is 19.8 Å². The number of aliphatic carboxylic acids is 1. The first kappa shape index (κ1) is 16.1. The summed E-state index contributed by atoms with van der Waals surface area (Å²) in [6.45, 7) is -0.754. The lowest BCUT2D eigenvalue weighted by atomic mass is 10.0. The smallest absolute Gasteiger partial charge is 0.352 e. The van der Waals surface area contributed by atoms with Crippen molar-refractivity contribution in [2.24, 2.45) is 0 Å². The molecule has 8 heteroatoms. The van der Waals surface area contributed by atoms with Crippen molar-refractivity contribution in [3.63, 3.8) is 0 Å². The van der Waals surface area contributed by atoms with Gasteiger partial charge in [-0.3, -0.25) is 4.79 Å². The molecule has 1 aromatic carbocycles. The molecule has 0 aliphatic carbocycles. The molecule has 0 aliphatic heterocycles. The van der Waals surface area contributed by atoms with Crippen LogP contribution in [0.2, 0.25) is 0 Å². The summed E-state index contributed by atoms with van der Waals surface area (Å²) >= 11 is 0. The average molecular weight is 314 g/mol. The highest BCUT2D eigenvalue weighted by Gasteiger charge is 2.22. The van der Waals surface area contributed by atoms with E-state index in [-0.39, 0.29) is 22.6 Å². The molecule has 5 N–H and O–H groups in total. The van der Waals surface area contributed by atoms with Gasteiger partial charge in [0, 0.05) is 5.56 Å². The van der Waals surface area contributed by atoms with Gasteiger partial charge in [0.1, 0.15) is 17.7 Å². The number of carbonyl (C=O) groups excluding carboxylic acids is 1. The Morgan fingerprint density at radius 1 is 1.22 bits per heavy atom. The van der Waals surface area contributed by atoms with Crippen molar-refractivity contribution in [3.8, 4) is 0 Å². The number of nitrogens with one attached hydrogen (secondary N) is 1. The number of aliphatic hydroxyl groups excluding tert-OH is 1. The van der Waals surface area contributed by atoms with Crippen LogP contribution >= 0.6 is 0 Å². The third-order valence-electron chi connectivity index (χ3n) is 2.99. The minimum absolute atomic E-state index is 0.0169. The van der Waals surface area contributed by atoms with Gasteiger partial charge < -0.3 is 21.3 Å². The van der Waals surface area contributed by atoms with Crippen molar-refractivity contribution in [2.75, 3.05) is 17.7 Å². The Morgan fingerprint density at radius 3 is 2.48 bits per heavy atom. The molecule has 0 saturated heterocycles. The number of aliphatic hydroxyl groups is 1.